The summed E-state index contributed by atoms with van der Waals surface area (Å²) < 4.78 is 2.00. The lowest BCUT2D eigenvalue weighted by Crippen LogP contribution is -2.30. The summed E-state index contributed by atoms with van der Waals surface area (Å²) in [7, 11) is 0. The topological polar surface area (TPSA) is 88.5 Å². The van der Waals surface area contributed by atoms with Gasteiger partial charge in [-0.2, -0.15) is 0 Å². The van der Waals surface area contributed by atoms with Gasteiger partial charge in [-0.15, -0.1) is 0 Å². The van der Waals surface area contributed by atoms with Gasteiger partial charge in [-0.1, -0.05) is 29.8 Å². The Bertz CT molecular complexity index is 1420. The van der Waals surface area contributed by atoms with Gasteiger partial charge in [0.05, 0.1) is 6.04 Å². The van der Waals surface area contributed by atoms with E-state index in [2.05, 4.69) is 35.4 Å². The van der Waals surface area contributed by atoms with E-state index in [0.717, 1.165) is 64.5 Å². The Balaban J connectivity index is 1.56. The zero-order valence-electron chi connectivity index (χ0n) is 20.3. The van der Waals surface area contributed by atoms with Crippen molar-refractivity contribution in [2.75, 3.05) is 17.6 Å². The number of amides is 1. The first-order valence-corrected chi connectivity index (χ1v) is 11.9. The normalized spacial score (nSPS) is 15.4. The molecule has 178 valence electrons. The zero-order valence-corrected chi connectivity index (χ0v) is 20.3. The molecule has 0 unspecified atom stereocenters. The molecule has 1 aliphatic rings. The van der Waals surface area contributed by atoms with Crippen LogP contribution in [-0.4, -0.2) is 31.7 Å². The Labute approximate surface area is 205 Å². The second kappa shape index (κ2) is 9.25. The number of allylic oxidation sites excluding steroid dienone is 1. The van der Waals surface area contributed by atoms with Gasteiger partial charge in [-0.05, 0) is 63.4 Å². The van der Waals surface area contributed by atoms with Crippen molar-refractivity contribution >= 4 is 28.6 Å². The summed E-state index contributed by atoms with van der Waals surface area (Å²) in [6, 6.07) is 16.2. The number of benzene rings is 2. The molecule has 1 atom stereocenters. The van der Waals surface area contributed by atoms with Crippen molar-refractivity contribution in [1.29, 1.82) is 0 Å². The van der Waals surface area contributed by atoms with Crippen LogP contribution < -0.4 is 11.1 Å². The molecular weight excluding hydrogens is 436 g/mol. The van der Waals surface area contributed by atoms with Crippen molar-refractivity contribution in [1.82, 2.24) is 19.3 Å². The van der Waals surface area contributed by atoms with Gasteiger partial charge in [0.15, 0.2) is 0 Å². The largest absolute Gasteiger partial charge is 0.382 e. The number of para-hydroxylation sites is 1. The number of hydrogen-bond donors (Lipinski definition) is 2. The van der Waals surface area contributed by atoms with Crippen molar-refractivity contribution in [3.63, 3.8) is 0 Å². The number of carbonyl (C=O) groups excluding carboxylic acids is 1. The maximum atomic E-state index is 12.9. The van der Waals surface area contributed by atoms with Gasteiger partial charge in [-0.25, -0.2) is 9.97 Å². The fourth-order valence-corrected chi connectivity index (χ4v) is 4.78. The third kappa shape index (κ3) is 4.37. The number of imidazole rings is 1. The van der Waals surface area contributed by atoms with Crippen molar-refractivity contribution in [3.8, 4) is 11.3 Å². The average molecular weight is 467 g/mol. The highest BCUT2D eigenvalue weighted by molar-refractivity contribution is 5.89. The molecular formula is C28H30N6O. The molecule has 1 fully saturated rings. The van der Waals surface area contributed by atoms with Gasteiger partial charge < -0.3 is 16.0 Å². The van der Waals surface area contributed by atoms with Gasteiger partial charge in [0.25, 0.3) is 0 Å². The standard InChI is InChI=1S/C28H30N6O/c1-18(2)16-24(35)33-14-7-10-23(33)28-32-25(26-27(29)30-13-15-34(26)28)20-11-12-22(19(3)17-20)31-21-8-5-4-6-9-21/h4-6,8-9,11-13,15-17,23,31H,7,10,14H2,1-3H3,(H2,29,30)/t23-/m0/s1. The smallest absolute Gasteiger partial charge is 0.247 e. The highest BCUT2D eigenvalue weighted by Crippen LogP contribution is 2.37. The minimum Gasteiger partial charge on any atom is -0.382 e. The van der Waals surface area contributed by atoms with E-state index >= 15 is 0 Å². The predicted molar refractivity (Wildman–Crippen MR) is 140 cm³/mol. The lowest BCUT2D eigenvalue weighted by atomic mass is 10.1. The number of fused-ring (bicyclic) bond motifs is 1. The molecule has 5 rings (SSSR count). The van der Waals surface area contributed by atoms with Gasteiger partial charge in [0, 0.05) is 42.0 Å². The minimum absolute atomic E-state index is 0.0278. The maximum absolute atomic E-state index is 12.9. The zero-order chi connectivity index (χ0) is 24.5. The molecule has 4 aromatic rings. The summed E-state index contributed by atoms with van der Waals surface area (Å²) in [5.41, 5.74) is 13.0. The summed E-state index contributed by atoms with van der Waals surface area (Å²) in [6.45, 7) is 6.68. The second-order valence-corrected chi connectivity index (χ2v) is 9.28. The van der Waals surface area contributed by atoms with E-state index in [4.69, 9.17) is 10.7 Å². The SMILES string of the molecule is CC(C)=CC(=O)N1CCC[C@H]1c1nc(-c2ccc(Nc3ccccc3)c(C)c2)c2c(N)nccn12. The number of rotatable bonds is 5. The fourth-order valence-electron chi connectivity index (χ4n) is 4.78. The van der Waals surface area contributed by atoms with Gasteiger partial charge in [0.2, 0.25) is 5.91 Å². The van der Waals surface area contributed by atoms with Crippen molar-refractivity contribution in [3.05, 3.63) is 84.0 Å². The van der Waals surface area contributed by atoms with Crippen molar-refractivity contribution < 1.29 is 4.79 Å². The first kappa shape index (κ1) is 22.7. The lowest BCUT2D eigenvalue weighted by Gasteiger charge is -2.22. The molecule has 3 N–H and O–H groups in total. The molecule has 2 aromatic carbocycles. The number of nitrogens with two attached hydrogens (primary N) is 1. The molecule has 2 aromatic heterocycles. The summed E-state index contributed by atoms with van der Waals surface area (Å²) in [6.07, 6.45) is 7.08. The van der Waals surface area contributed by atoms with Crippen LogP contribution in [0.5, 0.6) is 0 Å². The van der Waals surface area contributed by atoms with E-state index in [0.29, 0.717) is 5.82 Å². The van der Waals surface area contributed by atoms with Crippen LogP contribution >= 0.6 is 0 Å². The molecule has 7 nitrogen and oxygen atoms in total. The number of nitrogens with zero attached hydrogens (tertiary/aromatic N) is 4. The van der Waals surface area contributed by atoms with E-state index in [-0.39, 0.29) is 11.9 Å². The third-order valence-corrected chi connectivity index (χ3v) is 6.41. The van der Waals surface area contributed by atoms with Crippen molar-refractivity contribution in [2.45, 2.75) is 39.7 Å². The molecule has 7 heteroatoms. The number of hydrogen-bond acceptors (Lipinski definition) is 5. The first-order valence-electron chi connectivity index (χ1n) is 11.9. The van der Waals surface area contributed by atoms with Crippen LogP contribution in [0, 0.1) is 6.92 Å². The van der Waals surface area contributed by atoms with Crippen LogP contribution in [0.4, 0.5) is 17.2 Å². The highest BCUT2D eigenvalue weighted by atomic mass is 16.2. The van der Waals surface area contributed by atoms with Crippen LogP contribution in [0.15, 0.2) is 72.6 Å². The number of nitrogens with one attached hydrogen (secondary N) is 1. The molecule has 0 spiro atoms. The first-order chi connectivity index (χ1) is 16.9. The Hall–Kier alpha value is -4.13. The summed E-state index contributed by atoms with van der Waals surface area (Å²) in [5.74, 6) is 1.27. The molecule has 3 heterocycles. The quantitative estimate of drug-likeness (QED) is 0.371. The number of likely N-dealkylation sites (tertiary alicyclic amines) is 1. The Kier molecular flexibility index (Phi) is 5.99. The molecule has 35 heavy (non-hydrogen) atoms. The fraction of sp³-hybridized carbons (Fsp3) is 0.250. The highest BCUT2D eigenvalue weighted by Gasteiger charge is 2.33. The number of carbonyl (C=O) groups is 1. The maximum Gasteiger partial charge on any atom is 0.247 e. The molecule has 0 bridgehead atoms. The number of aromatic nitrogens is 3. The number of anilines is 3. The van der Waals surface area contributed by atoms with Gasteiger partial charge >= 0.3 is 0 Å². The van der Waals surface area contributed by atoms with Crippen LogP contribution in [0.1, 0.15) is 44.1 Å². The summed E-state index contributed by atoms with van der Waals surface area (Å²) >= 11 is 0. The molecule has 1 aliphatic heterocycles. The van der Waals surface area contributed by atoms with Gasteiger partial charge in [0.1, 0.15) is 22.9 Å². The van der Waals surface area contributed by atoms with E-state index in [9.17, 15) is 4.79 Å². The van der Waals surface area contributed by atoms with Gasteiger partial charge in [-0.3, -0.25) is 9.20 Å². The minimum atomic E-state index is -0.110. The number of nitrogen functional groups attached to an aromatic ring is 1. The van der Waals surface area contributed by atoms with E-state index in [1.54, 1.807) is 12.3 Å². The molecule has 0 radical (unpaired) electrons. The van der Waals surface area contributed by atoms with Crippen LogP contribution in [0.25, 0.3) is 16.8 Å². The summed E-state index contributed by atoms with van der Waals surface area (Å²) in [5, 5.41) is 3.47. The molecule has 1 amide bonds. The summed E-state index contributed by atoms with van der Waals surface area (Å²) in [4.78, 5) is 24.3. The Morgan fingerprint density at radius 3 is 2.71 bits per heavy atom. The van der Waals surface area contributed by atoms with E-state index in [1.807, 2.05) is 59.7 Å². The third-order valence-electron chi connectivity index (χ3n) is 6.41. The van der Waals surface area contributed by atoms with E-state index in [1.165, 1.54) is 0 Å². The lowest BCUT2D eigenvalue weighted by molar-refractivity contribution is -0.127. The van der Waals surface area contributed by atoms with Crippen LogP contribution in [-0.2, 0) is 4.79 Å². The molecule has 1 saturated heterocycles. The second-order valence-electron chi connectivity index (χ2n) is 9.28. The Morgan fingerprint density at radius 1 is 1.17 bits per heavy atom. The molecule has 0 aliphatic carbocycles. The van der Waals surface area contributed by atoms with Crippen LogP contribution in [0.3, 0.4) is 0 Å². The predicted octanol–water partition coefficient (Wildman–Crippen LogP) is 5.66. The van der Waals surface area contributed by atoms with E-state index < -0.39 is 0 Å². The van der Waals surface area contributed by atoms with Crippen LogP contribution in [0.2, 0.25) is 0 Å². The van der Waals surface area contributed by atoms with Crippen molar-refractivity contribution in [2.24, 2.45) is 0 Å². The monoisotopic (exact) mass is 466 g/mol. The number of aryl methyl sites for hydroxylation is 1. The average Bonchev–Trinajstić information content (AvgIpc) is 3.46. The molecule has 0 saturated carbocycles. The Morgan fingerprint density at radius 2 is 1.97 bits per heavy atom.